The lowest BCUT2D eigenvalue weighted by Gasteiger charge is -2.34. The molecule has 2 aliphatic rings. The molecule has 26 heavy (non-hydrogen) atoms. The van der Waals surface area contributed by atoms with E-state index in [1.165, 1.54) is 24.3 Å². The van der Waals surface area contributed by atoms with Gasteiger partial charge in [0.1, 0.15) is 11.6 Å². The number of ketones is 1. The van der Waals surface area contributed by atoms with Crippen LogP contribution in [0.1, 0.15) is 42.2 Å². The lowest BCUT2D eigenvalue weighted by Crippen LogP contribution is -2.38. The molecule has 0 spiro atoms. The van der Waals surface area contributed by atoms with Crippen LogP contribution in [0.4, 0.5) is 8.78 Å². The smallest absolute Gasteiger partial charge is 0.225 e. The first-order chi connectivity index (χ1) is 12.5. The number of Topliss-reactive ketones (excluding diaryl/α,β-unsaturated/α-hetero) is 1. The third-order valence-electron chi connectivity index (χ3n) is 5.15. The maximum atomic E-state index is 13.2. The monoisotopic (exact) mass is 353 g/mol. The highest BCUT2D eigenvalue weighted by Crippen LogP contribution is 2.42. The Balaban J connectivity index is 1.70. The van der Waals surface area contributed by atoms with Gasteiger partial charge in [-0.15, -0.1) is 0 Å². The minimum atomic E-state index is -0.352. The molecule has 0 aromatic heterocycles. The molecule has 0 radical (unpaired) electrons. The Hall–Kier alpha value is -2.82. The Morgan fingerprint density at radius 3 is 1.96 bits per heavy atom. The maximum Gasteiger partial charge on any atom is 0.225 e. The number of amides is 1. The second-order valence-corrected chi connectivity index (χ2v) is 6.83. The Labute approximate surface area is 149 Å². The number of hydrogen-bond acceptors (Lipinski definition) is 2. The molecule has 0 saturated carbocycles. The molecule has 4 rings (SSSR count). The average molecular weight is 353 g/mol. The highest BCUT2D eigenvalue weighted by atomic mass is 19.1. The molecular weight excluding hydrogens is 336 g/mol. The van der Waals surface area contributed by atoms with Crippen molar-refractivity contribution in [3.05, 3.63) is 82.6 Å². The van der Waals surface area contributed by atoms with Crippen LogP contribution in [-0.2, 0) is 9.59 Å². The van der Waals surface area contributed by atoms with E-state index in [0.29, 0.717) is 24.1 Å². The Bertz CT molecular complexity index is 901. The molecule has 2 aromatic rings. The number of nitrogens with one attached hydrogen (secondary N) is 1. The first kappa shape index (κ1) is 16.6. The molecule has 0 unspecified atom stereocenters. The summed E-state index contributed by atoms with van der Waals surface area (Å²) in [7, 11) is 0. The molecule has 1 aliphatic carbocycles. The topological polar surface area (TPSA) is 46.2 Å². The van der Waals surface area contributed by atoms with E-state index in [2.05, 4.69) is 5.32 Å². The van der Waals surface area contributed by atoms with E-state index in [1.54, 1.807) is 24.3 Å². The van der Waals surface area contributed by atoms with Gasteiger partial charge in [0.05, 0.1) is 0 Å². The summed E-state index contributed by atoms with van der Waals surface area (Å²) < 4.78 is 26.4. The minimum Gasteiger partial charge on any atom is -0.329 e. The number of carbonyl (C=O) groups excluding carboxylic acids is 2. The molecule has 1 aliphatic heterocycles. The second-order valence-electron chi connectivity index (χ2n) is 6.83. The van der Waals surface area contributed by atoms with Gasteiger partial charge in [-0.1, -0.05) is 24.3 Å². The Morgan fingerprint density at radius 2 is 1.35 bits per heavy atom. The first-order valence-electron chi connectivity index (χ1n) is 8.58. The second kappa shape index (κ2) is 6.48. The summed E-state index contributed by atoms with van der Waals surface area (Å²) in [5.41, 5.74) is 2.91. The van der Waals surface area contributed by atoms with Crippen LogP contribution in [0, 0.1) is 11.6 Å². The van der Waals surface area contributed by atoms with Crippen molar-refractivity contribution in [1.29, 1.82) is 0 Å². The van der Waals surface area contributed by atoms with E-state index in [0.717, 1.165) is 11.1 Å². The zero-order chi connectivity index (χ0) is 18.3. The molecule has 1 amide bonds. The highest BCUT2D eigenvalue weighted by molar-refractivity contribution is 6.02. The normalized spacial score (nSPS) is 22.8. The number of benzene rings is 2. The molecular formula is C21H17F2NO2. The molecule has 2 atom stereocenters. The van der Waals surface area contributed by atoms with Gasteiger partial charge in [-0.2, -0.15) is 0 Å². The van der Waals surface area contributed by atoms with Gasteiger partial charge in [0, 0.05) is 30.0 Å². The van der Waals surface area contributed by atoms with Crippen molar-refractivity contribution < 1.29 is 18.4 Å². The Morgan fingerprint density at radius 1 is 0.769 bits per heavy atom. The lowest BCUT2D eigenvalue weighted by atomic mass is 9.73. The molecule has 5 heteroatoms. The quantitative estimate of drug-likeness (QED) is 0.888. The molecule has 132 valence electrons. The van der Waals surface area contributed by atoms with Crippen LogP contribution in [0.2, 0.25) is 0 Å². The van der Waals surface area contributed by atoms with Crippen LogP contribution < -0.4 is 5.32 Å². The predicted octanol–water partition coefficient (Wildman–Crippen LogP) is 3.97. The molecule has 1 N–H and O–H groups in total. The average Bonchev–Trinajstić information content (AvgIpc) is 2.62. The standard InChI is InChI=1S/C21H17F2NO2/c22-15-5-1-12(2-6-15)14-9-18-21(19(25)10-14)17(11-20(26)24-18)13-3-7-16(23)8-4-13/h1-8,14,17H,9-11H2,(H,24,26)/t14-,17+/m0/s1. The van der Waals surface area contributed by atoms with E-state index in [1.807, 2.05) is 0 Å². The van der Waals surface area contributed by atoms with Crippen molar-refractivity contribution >= 4 is 11.7 Å². The van der Waals surface area contributed by atoms with Gasteiger partial charge in [-0.25, -0.2) is 8.78 Å². The van der Waals surface area contributed by atoms with Crippen molar-refractivity contribution in [2.24, 2.45) is 0 Å². The summed E-state index contributed by atoms with van der Waals surface area (Å²) in [6.45, 7) is 0. The number of carbonyl (C=O) groups is 2. The summed E-state index contributed by atoms with van der Waals surface area (Å²) in [5, 5.41) is 2.84. The van der Waals surface area contributed by atoms with Crippen LogP contribution >= 0.6 is 0 Å². The summed E-state index contributed by atoms with van der Waals surface area (Å²) in [6, 6.07) is 12.1. The van der Waals surface area contributed by atoms with E-state index in [-0.39, 0.29) is 41.6 Å². The van der Waals surface area contributed by atoms with Gasteiger partial charge >= 0.3 is 0 Å². The number of hydrogen-bond donors (Lipinski definition) is 1. The third kappa shape index (κ3) is 3.05. The van der Waals surface area contributed by atoms with E-state index >= 15 is 0 Å². The molecule has 0 saturated heterocycles. The summed E-state index contributed by atoms with van der Waals surface area (Å²) >= 11 is 0. The van der Waals surface area contributed by atoms with E-state index in [4.69, 9.17) is 0 Å². The third-order valence-corrected chi connectivity index (χ3v) is 5.15. The maximum absolute atomic E-state index is 13.2. The van der Waals surface area contributed by atoms with Gasteiger partial charge < -0.3 is 5.32 Å². The van der Waals surface area contributed by atoms with Gasteiger partial charge in [-0.05, 0) is 47.7 Å². The van der Waals surface area contributed by atoms with Crippen molar-refractivity contribution in [2.75, 3.05) is 0 Å². The van der Waals surface area contributed by atoms with Crippen LogP contribution in [0.15, 0.2) is 59.8 Å². The number of rotatable bonds is 2. The SMILES string of the molecule is O=C1C[C@H](c2ccc(F)cc2)C2=C(C[C@H](c3ccc(F)cc3)CC2=O)N1. The van der Waals surface area contributed by atoms with Gasteiger partial charge in [0.2, 0.25) is 5.91 Å². The van der Waals surface area contributed by atoms with Crippen molar-refractivity contribution in [3.63, 3.8) is 0 Å². The minimum absolute atomic E-state index is 0.0186. The van der Waals surface area contributed by atoms with Gasteiger partial charge in [0.15, 0.2) is 5.78 Å². The van der Waals surface area contributed by atoms with Crippen molar-refractivity contribution in [2.45, 2.75) is 31.1 Å². The molecule has 3 nitrogen and oxygen atoms in total. The molecule has 2 aromatic carbocycles. The largest absolute Gasteiger partial charge is 0.329 e. The van der Waals surface area contributed by atoms with Crippen LogP contribution in [0.5, 0.6) is 0 Å². The van der Waals surface area contributed by atoms with E-state index in [9.17, 15) is 18.4 Å². The fourth-order valence-corrected chi connectivity index (χ4v) is 3.91. The van der Waals surface area contributed by atoms with E-state index < -0.39 is 0 Å². The zero-order valence-corrected chi connectivity index (χ0v) is 14.0. The molecule has 0 fully saturated rings. The fraction of sp³-hybridized carbons (Fsp3) is 0.238. The molecule has 1 heterocycles. The van der Waals surface area contributed by atoms with Crippen LogP contribution in [0.3, 0.4) is 0 Å². The van der Waals surface area contributed by atoms with Gasteiger partial charge in [-0.3, -0.25) is 9.59 Å². The molecule has 0 bridgehead atoms. The van der Waals surface area contributed by atoms with Crippen molar-refractivity contribution in [3.8, 4) is 0 Å². The van der Waals surface area contributed by atoms with Crippen LogP contribution in [-0.4, -0.2) is 11.7 Å². The van der Waals surface area contributed by atoms with Crippen LogP contribution in [0.25, 0.3) is 0 Å². The first-order valence-corrected chi connectivity index (χ1v) is 8.58. The summed E-state index contributed by atoms with van der Waals surface area (Å²) in [4.78, 5) is 25.1. The van der Waals surface area contributed by atoms with Crippen molar-refractivity contribution in [1.82, 2.24) is 5.32 Å². The highest BCUT2D eigenvalue weighted by Gasteiger charge is 2.38. The number of halogens is 2. The Kier molecular flexibility index (Phi) is 4.15. The number of allylic oxidation sites excluding steroid dienone is 2. The van der Waals surface area contributed by atoms with Gasteiger partial charge in [0.25, 0.3) is 0 Å². The summed E-state index contributed by atoms with van der Waals surface area (Å²) in [6.07, 6.45) is 1.02. The fourth-order valence-electron chi connectivity index (χ4n) is 3.91. The zero-order valence-electron chi connectivity index (χ0n) is 14.0. The summed E-state index contributed by atoms with van der Waals surface area (Å²) in [5.74, 6) is -1.27. The lowest BCUT2D eigenvalue weighted by molar-refractivity contribution is -0.122. The predicted molar refractivity (Wildman–Crippen MR) is 92.3 cm³/mol.